The van der Waals surface area contributed by atoms with Gasteiger partial charge in [-0.2, -0.15) is 0 Å². The van der Waals surface area contributed by atoms with E-state index in [-0.39, 0.29) is 10.5 Å². The third-order valence-electron chi connectivity index (χ3n) is 1.40. The van der Waals surface area contributed by atoms with E-state index < -0.39 is 0 Å². The van der Waals surface area contributed by atoms with Crippen molar-refractivity contribution in [2.24, 2.45) is 0 Å². The molecule has 2 heterocycles. The van der Waals surface area contributed by atoms with Crippen LogP contribution in [-0.4, -0.2) is 5.37 Å². The molecule has 0 amide bonds. The Balaban J connectivity index is 2.38. The molecule has 0 N–H and O–H groups in total. The van der Waals surface area contributed by atoms with Gasteiger partial charge >= 0.3 is 0 Å². The molecular weight excluding hydrogens is 156 g/mol. The molecule has 1 aliphatic heterocycles. The Bertz CT molecular complexity index is 317. The molecule has 1 aromatic heterocycles. The van der Waals surface area contributed by atoms with Crippen molar-refractivity contribution in [1.82, 2.24) is 0 Å². The van der Waals surface area contributed by atoms with Crippen LogP contribution in [0, 0.1) is 0 Å². The third kappa shape index (κ3) is 1.35. The molecule has 56 valence electrons. The zero-order chi connectivity index (χ0) is 7.52. The largest absolute Gasteiger partial charge is 0.458 e. The second-order valence-corrected chi connectivity index (χ2v) is 3.84. The minimum absolute atomic E-state index is 0.0640. The minimum atomic E-state index is 0.0640. The predicted molar refractivity (Wildman–Crippen MR) is 48.9 cm³/mol. The minimum Gasteiger partial charge on any atom is -0.458 e. The Hall–Kier alpha value is -1.02. The molecule has 2 heteroatoms. The summed E-state index contributed by atoms with van der Waals surface area (Å²) in [7, 11) is 0.0640. The summed E-state index contributed by atoms with van der Waals surface area (Å²) in [6.07, 6.45) is 7.83. The Labute approximate surface area is 68.0 Å². The molecule has 0 radical (unpaired) electrons. The van der Waals surface area contributed by atoms with Crippen molar-refractivity contribution in [2.45, 2.75) is 5.09 Å². The molecule has 0 bridgehead atoms. The van der Waals surface area contributed by atoms with E-state index in [2.05, 4.69) is 10.8 Å². The van der Waals surface area contributed by atoms with Crippen LogP contribution in [0.1, 0.15) is 0 Å². The van der Waals surface area contributed by atoms with Gasteiger partial charge in [-0.05, 0) is 22.9 Å². The maximum atomic E-state index is 5.27. The lowest BCUT2D eigenvalue weighted by Crippen LogP contribution is -1.73. The van der Waals surface area contributed by atoms with Gasteiger partial charge in [0.2, 0.25) is 0 Å². The molecule has 1 unspecified atom stereocenters. The maximum absolute atomic E-state index is 5.27. The molecule has 0 saturated heterocycles. The SMILES string of the molecule is C1=CC=S(c2ccco2)C=C1. The van der Waals surface area contributed by atoms with Crippen LogP contribution in [0.25, 0.3) is 0 Å². The van der Waals surface area contributed by atoms with Crippen molar-refractivity contribution in [3.8, 4) is 0 Å². The lowest BCUT2D eigenvalue weighted by atomic mass is 10.5. The van der Waals surface area contributed by atoms with Gasteiger partial charge in [0.05, 0.1) is 6.26 Å². The molecule has 0 fully saturated rings. The molecule has 1 atom stereocenters. The maximum Gasteiger partial charge on any atom is 0.158 e. The van der Waals surface area contributed by atoms with Gasteiger partial charge in [0.1, 0.15) is 0 Å². The van der Waals surface area contributed by atoms with E-state index in [1.807, 2.05) is 30.4 Å². The number of furan rings is 1. The van der Waals surface area contributed by atoms with Crippen molar-refractivity contribution < 1.29 is 4.42 Å². The predicted octanol–water partition coefficient (Wildman–Crippen LogP) is 2.79. The fraction of sp³-hybridized carbons (Fsp3) is 0. The van der Waals surface area contributed by atoms with Gasteiger partial charge in [0.25, 0.3) is 0 Å². The molecular formula is C9H8OS. The highest BCUT2D eigenvalue weighted by atomic mass is 32.2. The summed E-state index contributed by atoms with van der Waals surface area (Å²) in [6, 6.07) is 3.92. The van der Waals surface area contributed by atoms with Crippen LogP contribution in [0.2, 0.25) is 0 Å². The van der Waals surface area contributed by atoms with Crippen LogP contribution in [0.3, 0.4) is 0 Å². The van der Waals surface area contributed by atoms with Gasteiger partial charge in [-0.3, -0.25) is 0 Å². The van der Waals surface area contributed by atoms with Crippen LogP contribution in [0.15, 0.2) is 51.5 Å². The first-order valence-corrected chi connectivity index (χ1v) is 4.76. The summed E-state index contributed by atoms with van der Waals surface area (Å²) in [5.41, 5.74) is 0. The van der Waals surface area contributed by atoms with E-state index in [1.54, 1.807) is 6.26 Å². The normalized spacial score (nSPS) is 21.6. The second kappa shape index (κ2) is 2.93. The average molecular weight is 164 g/mol. The van der Waals surface area contributed by atoms with Crippen molar-refractivity contribution in [2.75, 3.05) is 0 Å². The van der Waals surface area contributed by atoms with E-state index in [9.17, 15) is 0 Å². The number of hydrogen-bond acceptors (Lipinski definition) is 1. The summed E-state index contributed by atoms with van der Waals surface area (Å²) in [5, 5.41) is 5.31. The van der Waals surface area contributed by atoms with Gasteiger partial charge in [-0.1, -0.05) is 28.7 Å². The number of allylic oxidation sites excluding steroid dienone is 3. The quantitative estimate of drug-likeness (QED) is 0.582. The van der Waals surface area contributed by atoms with E-state index in [0.717, 1.165) is 5.09 Å². The Kier molecular flexibility index (Phi) is 1.78. The summed E-state index contributed by atoms with van der Waals surface area (Å²) in [6.45, 7) is 0. The Morgan fingerprint density at radius 1 is 1.18 bits per heavy atom. The Morgan fingerprint density at radius 3 is 2.82 bits per heavy atom. The van der Waals surface area contributed by atoms with Crippen molar-refractivity contribution in [3.05, 3.63) is 42.0 Å². The van der Waals surface area contributed by atoms with E-state index in [0.29, 0.717) is 0 Å². The van der Waals surface area contributed by atoms with Gasteiger partial charge in [-0.25, -0.2) is 0 Å². The highest BCUT2D eigenvalue weighted by molar-refractivity contribution is 8.17. The molecule has 0 aliphatic carbocycles. The summed E-state index contributed by atoms with van der Waals surface area (Å²) in [5.74, 6) is 0. The van der Waals surface area contributed by atoms with Crippen molar-refractivity contribution in [3.63, 3.8) is 0 Å². The molecule has 2 rings (SSSR count). The summed E-state index contributed by atoms with van der Waals surface area (Å²) < 4.78 is 5.27. The highest BCUT2D eigenvalue weighted by Crippen LogP contribution is 2.28. The first-order valence-electron chi connectivity index (χ1n) is 3.40. The molecule has 0 saturated carbocycles. The van der Waals surface area contributed by atoms with E-state index in [1.165, 1.54) is 0 Å². The van der Waals surface area contributed by atoms with Crippen molar-refractivity contribution >= 4 is 15.9 Å². The fourth-order valence-electron chi connectivity index (χ4n) is 0.901. The molecule has 11 heavy (non-hydrogen) atoms. The van der Waals surface area contributed by atoms with Gasteiger partial charge in [0.15, 0.2) is 5.09 Å². The molecule has 1 aliphatic rings. The molecule has 0 aromatic carbocycles. The average Bonchev–Trinajstić information content (AvgIpc) is 2.58. The van der Waals surface area contributed by atoms with Crippen LogP contribution < -0.4 is 0 Å². The first-order chi connectivity index (χ1) is 5.47. The van der Waals surface area contributed by atoms with Crippen molar-refractivity contribution in [1.29, 1.82) is 0 Å². The van der Waals surface area contributed by atoms with Crippen LogP contribution in [-0.2, 0) is 0 Å². The summed E-state index contributed by atoms with van der Waals surface area (Å²) in [4.78, 5) is 0. The smallest absolute Gasteiger partial charge is 0.158 e. The van der Waals surface area contributed by atoms with Crippen LogP contribution in [0.4, 0.5) is 0 Å². The standard InChI is InChI=1S/C9H8OS/c1-2-7-11(8-3-1)9-5-4-6-10-9/h1-8H. The molecule has 0 spiro atoms. The summed E-state index contributed by atoms with van der Waals surface area (Å²) >= 11 is 0. The molecule has 1 nitrogen and oxygen atoms in total. The fourth-order valence-corrected chi connectivity index (χ4v) is 2.18. The van der Waals surface area contributed by atoms with Crippen LogP contribution >= 0.6 is 10.5 Å². The molecule has 1 aromatic rings. The second-order valence-electron chi connectivity index (χ2n) is 2.15. The number of hydrogen-bond donors (Lipinski definition) is 0. The van der Waals surface area contributed by atoms with Crippen LogP contribution in [0.5, 0.6) is 0 Å². The lowest BCUT2D eigenvalue weighted by Gasteiger charge is -1.99. The monoisotopic (exact) mass is 164 g/mol. The van der Waals surface area contributed by atoms with E-state index >= 15 is 0 Å². The zero-order valence-electron chi connectivity index (χ0n) is 5.94. The zero-order valence-corrected chi connectivity index (χ0v) is 6.75. The lowest BCUT2D eigenvalue weighted by molar-refractivity contribution is 0.475. The third-order valence-corrected chi connectivity index (χ3v) is 3.00. The van der Waals surface area contributed by atoms with Gasteiger partial charge in [0, 0.05) is 0 Å². The first kappa shape index (κ1) is 6.68. The topological polar surface area (TPSA) is 13.1 Å². The number of rotatable bonds is 1. The van der Waals surface area contributed by atoms with E-state index in [4.69, 9.17) is 4.42 Å². The van der Waals surface area contributed by atoms with Gasteiger partial charge in [-0.15, -0.1) is 0 Å². The van der Waals surface area contributed by atoms with Gasteiger partial charge < -0.3 is 4.42 Å². The highest BCUT2D eigenvalue weighted by Gasteiger charge is 1.97. The Morgan fingerprint density at radius 2 is 2.18 bits per heavy atom.